The van der Waals surface area contributed by atoms with E-state index in [9.17, 15) is 35.8 Å². The molecule has 2 radical (unpaired) electrons. The van der Waals surface area contributed by atoms with Crippen molar-refractivity contribution in [3.63, 3.8) is 0 Å². The Morgan fingerprint density at radius 1 is 0.879 bits per heavy atom. The number of fused-ring (bicyclic) bond motifs is 1. The van der Waals surface area contributed by atoms with E-state index in [1.54, 1.807) is 18.2 Å². The summed E-state index contributed by atoms with van der Waals surface area (Å²) >= 11 is 0. The predicted octanol–water partition coefficient (Wildman–Crippen LogP) is 2.65. The van der Waals surface area contributed by atoms with Crippen LogP contribution in [0.4, 0.5) is 17.1 Å². The van der Waals surface area contributed by atoms with Gasteiger partial charge in [0.15, 0.2) is 5.75 Å². The molecule has 0 aromatic heterocycles. The summed E-state index contributed by atoms with van der Waals surface area (Å²) in [4.78, 5) is 9.82. The Kier molecular flexibility index (Phi) is 10.2. The molecule has 0 saturated heterocycles. The molecular weight excluding hydrogens is 496 g/mol. The molecule has 3 rings (SSSR count). The summed E-state index contributed by atoms with van der Waals surface area (Å²) in [5, 5.41) is 19.9. The number of hydrogen-bond acceptors (Lipinski definition) is 8. The van der Waals surface area contributed by atoms with Crippen molar-refractivity contribution in [2.45, 2.75) is 16.7 Å². The maximum Gasteiger partial charge on any atom is 0.296 e. The van der Waals surface area contributed by atoms with Gasteiger partial charge in [0, 0.05) is 71.4 Å². The van der Waals surface area contributed by atoms with E-state index in [-0.39, 0.29) is 75.9 Å². The number of azo groups is 1. The second-order valence-electron chi connectivity index (χ2n) is 6.27. The number of aromatic hydroxyl groups is 1. The molecular formula is C18H15N3Na2O8S2. The van der Waals surface area contributed by atoms with Crippen molar-refractivity contribution in [3.05, 3.63) is 48.5 Å². The molecule has 1 amide bonds. The Morgan fingerprint density at radius 3 is 1.97 bits per heavy atom. The number of nitrogens with zero attached hydrogens (tertiary/aromatic N) is 2. The number of rotatable bonds is 5. The molecule has 0 aliphatic carbocycles. The van der Waals surface area contributed by atoms with Crippen LogP contribution in [0.25, 0.3) is 10.8 Å². The van der Waals surface area contributed by atoms with Crippen LogP contribution in [0.1, 0.15) is 6.92 Å². The minimum absolute atomic E-state index is 0. The van der Waals surface area contributed by atoms with Crippen LogP contribution in [0.2, 0.25) is 0 Å². The summed E-state index contributed by atoms with van der Waals surface area (Å²) in [6, 6.07) is 10.7. The van der Waals surface area contributed by atoms with Crippen molar-refractivity contribution in [2.75, 3.05) is 5.32 Å². The molecule has 15 heteroatoms. The molecule has 0 bridgehead atoms. The van der Waals surface area contributed by atoms with Gasteiger partial charge in [-0.2, -0.15) is 21.9 Å². The van der Waals surface area contributed by atoms with Crippen molar-refractivity contribution >= 4 is 113 Å². The van der Waals surface area contributed by atoms with E-state index in [1.165, 1.54) is 12.1 Å². The number of phenols is 1. The van der Waals surface area contributed by atoms with Crippen LogP contribution in [-0.2, 0) is 25.0 Å². The third-order valence-corrected chi connectivity index (χ3v) is 5.84. The molecule has 0 saturated carbocycles. The molecule has 33 heavy (non-hydrogen) atoms. The molecule has 0 fully saturated rings. The molecule has 3 aromatic rings. The van der Waals surface area contributed by atoms with E-state index in [0.29, 0.717) is 6.07 Å². The van der Waals surface area contributed by atoms with Crippen LogP contribution in [0.3, 0.4) is 0 Å². The zero-order chi connectivity index (χ0) is 23.0. The van der Waals surface area contributed by atoms with Gasteiger partial charge >= 0.3 is 0 Å². The Morgan fingerprint density at radius 2 is 1.45 bits per heavy atom. The maximum absolute atomic E-state index is 11.9. The minimum atomic E-state index is -5.03. The zero-order valence-corrected chi connectivity index (χ0v) is 23.3. The largest absolute Gasteiger partial charge is 0.505 e. The zero-order valence-electron chi connectivity index (χ0n) is 17.7. The number of amides is 1. The number of hydrogen-bond donors (Lipinski definition) is 4. The van der Waals surface area contributed by atoms with Crippen LogP contribution in [0.15, 0.2) is 68.6 Å². The third kappa shape index (κ3) is 6.82. The van der Waals surface area contributed by atoms with Crippen molar-refractivity contribution in [2.24, 2.45) is 10.2 Å². The van der Waals surface area contributed by atoms with Gasteiger partial charge in [0.2, 0.25) is 5.91 Å². The first-order chi connectivity index (χ1) is 14.4. The van der Waals surface area contributed by atoms with E-state index >= 15 is 0 Å². The van der Waals surface area contributed by atoms with Gasteiger partial charge in [-0.25, -0.2) is 0 Å². The van der Waals surface area contributed by atoms with Crippen LogP contribution in [0.5, 0.6) is 5.75 Å². The fourth-order valence-electron chi connectivity index (χ4n) is 2.85. The number of nitrogens with one attached hydrogen (secondary N) is 1. The van der Waals surface area contributed by atoms with E-state index in [2.05, 4.69) is 15.5 Å². The minimum Gasteiger partial charge on any atom is -0.505 e. The van der Waals surface area contributed by atoms with Gasteiger partial charge in [0.1, 0.15) is 15.5 Å². The monoisotopic (exact) mass is 511 g/mol. The Balaban J connectivity index is 0.00000272. The van der Waals surface area contributed by atoms with Crippen LogP contribution in [-0.4, -0.2) is 96.1 Å². The molecule has 3 aromatic carbocycles. The third-order valence-electron chi connectivity index (χ3n) is 4.06. The smallest absolute Gasteiger partial charge is 0.296 e. The van der Waals surface area contributed by atoms with Crippen LogP contribution < -0.4 is 5.32 Å². The van der Waals surface area contributed by atoms with E-state index in [0.717, 1.165) is 19.1 Å². The number of anilines is 1. The standard InChI is InChI=1S/C18H15N3O8S2.2Na/c1-10(22)19-13-7-8-14(30(24,25)26)12-9-15(31(27,28)29)17(18(23)16(12)13)21-20-11-5-3-2-4-6-11;;/h2-9,23H,1H3,(H,19,22)(H,24,25,26)(H,27,28,29);;. The molecule has 4 N–H and O–H groups in total. The molecule has 0 atom stereocenters. The second-order valence-corrected chi connectivity index (χ2v) is 9.05. The van der Waals surface area contributed by atoms with Crippen molar-refractivity contribution < 1.29 is 35.8 Å². The van der Waals surface area contributed by atoms with E-state index in [4.69, 9.17) is 0 Å². The SMILES string of the molecule is CC(=O)Nc1ccc(S(=O)(=O)O)c2cc(S(=O)(=O)O)c(N=Nc3ccccc3)c(O)c12.[Na].[Na]. The Bertz CT molecular complexity index is 1440. The summed E-state index contributed by atoms with van der Waals surface area (Å²) in [5.41, 5.74) is -0.500. The summed E-state index contributed by atoms with van der Waals surface area (Å²) < 4.78 is 66.6. The van der Waals surface area contributed by atoms with Gasteiger partial charge in [0.05, 0.1) is 16.8 Å². The Hall–Kier alpha value is -1.39. The second kappa shape index (κ2) is 11.4. The van der Waals surface area contributed by atoms with Gasteiger partial charge in [-0.3, -0.25) is 13.9 Å². The average molecular weight is 511 g/mol. The summed E-state index contributed by atoms with van der Waals surface area (Å²) in [6.07, 6.45) is 0. The van der Waals surface area contributed by atoms with E-state index < -0.39 is 52.8 Å². The van der Waals surface area contributed by atoms with Gasteiger partial charge in [0.25, 0.3) is 20.2 Å². The molecule has 11 nitrogen and oxygen atoms in total. The topological polar surface area (TPSA) is 183 Å². The van der Waals surface area contributed by atoms with Crippen molar-refractivity contribution in [1.82, 2.24) is 0 Å². The van der Waals surface area contributed by atoms with E-state index in [1.807, 2.05) is 0 Å². The summed E-state index contributed by atoms with van der Waals surface area (Å²) in [7, 11) is -9.90. The van der Waals surface area contributed by atoms with Crippen molar-refractivity contribution in [1.29, 1.82) is 0 Å². The summed E-state index contributed by atoms with van der Waals surface area (Å²) in [5.74, 6) is -1.47. The quantitative estimate of drug-likeness (QED) is 0.229. The fourth-order valence-corrected chi connectivity index (χ4v) is 4.18. The van der Waals surface area contributed by atoms with Gasteiger partial charge in [-0.15, -0.1) is 5.11 Å². The normalized spacial score (nSPS) is 11.6. The molecule has 0 spiro atoms. The number of benzene rings is 3. The van der Waals surface area contributed by atoms with Gasteiger partial charge in [-0.05, 0) is 30.3 Å². The summed E-state index contributed by atoms with van der Waals surface area (Å²) in [6.45, 7) is 1.15. The maximum atomic E-state index is 11.9. The van der Waals surface area contributed by atoms with Crippen LogP contribution >= 0.6 is 0 Å². The van der Waals surface area contributed by atoms with Crippen LogP contribution in [0, 0.1) is 0 Å². The number of carbonyl (C=O) groups is 1. The van der Waals surface area contributed by atoms with Gasteiger partial charge < -0.3 is 10.4 Å². The fraction of sp³-hybridized carbons (Fsp3) is 0.0556. The molecule has 0 heterocycles. The number of phenolic OH excluding ortho intramolecular Hbond substituents is 1. The first-order valence-corrected chi connectivity index (χ1v) is 11.3. The predicted molar refractivity (Wildman–Crippen MR) is 122 cm³/mol. The molecule has 164 valence electrons. The van der Waals surface area contributed by atoms with Gasteiger partial charge in [-0.1, -0.05) is 18.2 Å². The Labute approximate surface area is 233 Å². The first kappa shape index (κ1) is 29.6. The molecule has 0 aliphatic rings. The molecule has 0 aliphatic heterocycles. The number of carbonyl (C=O) groups excluding carboxylic acids is 1. The first-order valence-electron chi connectivity index (χ1n) is 8.41. The molecule has 0 unspecified atom stereocenters. The average Bonchev–Trinajstić information content (AvgIpc) is 2.65. The van der Waals surface area contributed by atoms with Crippen molar-refractivity contribution in [3.8, 4) is 5.75 Å².